The van der Waals surface area contributed by atoms with E-state index in [1.165, 1.54) is 5.56 Å². The summed E-state index contributed by atoms with van der Waals surface area (Å²) in [5.41, 5.74) is 0.525. The highest BCUT2D eigenvalue weighted by Gasteiger charge is 2.34. The van der Waals surface area contributed by atoms with Gasteiger partial charge >= 0.3 is 0 Å². The predicted octanol–water partition coefficient (Wildman–Crippen LogP) is 2.87. The van der Waals surface area contributed by atoms with E-state index in [2.05, 4.69) is 24.2 Å². The average molecular weight is 391 g/mol. The fourth-order valence-corrected chi connectivity index (χ4v) is 4.53. The first-order chi connectivity index (χ1) is 14.1. The number of carbonyl (C=O) groups is 1. The van der Waals surface area contributed by atoms with E-state index in [1.807, 2.05) is 23.1 Å². The van der Waals surface area contributed by atoms with Crippen LogP contribution in [0.15, 0.2) is 64.2 Å². The van der Waals surface area contributed by atoms with Gasteiger partial charge in [-0.15, -0.1) is 0 Å². The lowest BCUT2D eigenvalue weighted by Crippen LogP contribution is -2.43. The van der Waals surface area contributed by atoms with Gasteiger partial charge in [0, 0.05) is 18.5 Å². The molecule has 1 saturated heterocycles. The molecule has 0 aliphatic carbocycles. The van der Waals surface area contributed by atoms with Gasteiger partial charge in [-0.2, -0.15) is 0 Å². The zero-order valence-electron chi connectivity index (χ0n) is 16.5. The molecule has 0 bridgehead atoms. The van der Waals surface area contributed by atoms with E-state index in [4.69, 9.17) is 0 Å². The summed E-state index contributed by atoms with van der Waals surface area (Å²) < 4.78 is 1.14. The number of H-pyrrole nitrogens is 1. The largest absolute Gasteiger partial charge is 0.337 e. The lowest BCUT2D eigenvalue weighted by Gasteiger charge is -2.31. The Morgan fingerprint density at radius 1 is 1.07 bits per heavy atom. The fourth-order valence-electron chi connectivity index (χ4n) is 4.53. The highest BCUT2D eigenvalue weighted by Crippen LogP contribution is 2.33. The van der Waals surface area contributed by atoms with Crippen LogP contribution in [-0.2, 0) is 11.3 Å². The van der Waals surface area contributed by atoms with Gasteiger partial charge in [-0.1, -0.05) is 49.4 Å². The molecule has 1 aliphatic heterocycles. The average Bonchev–Trinajstić information content (AvgIpc) is 3.23. The summed E-state index contributed by atoms with van der Waals surface area (Å²) in [7, 11) is 0. The molecule has 2 heterocycles. The molecule has 6 nitrogen and oxygen atoms in total. The first-order valence-corrected chi connectivity index (χ1v) is 10.2. The third kappa shape index (κ3) is 3.62. The van der Waals surface area contributed by atoms with E-state index in [-0.39, 0.29) is 35.5 Å². The van der Waals surface area contributed by atoms with Crippen LogP contribution < -0.4 is 11.1 Å². The van der Waals surface area contributed by atoms with Crippen molar-refractivity contribution in [1.29, 1.82) is 0 Å². The van der Waals surface area contributed by atoms with Gasteiger partial charge in [0.15, 0.2) is 0 Å². The number of hydrogen-bond acceptors (Lipinski definition) is 3. The molecule has 4 rings (SSSR count). The molecule has 3 aromatic rings. The predicted molar refractivity (Wildman–Crippen MR) is 113 cm³/mol. The number of benzene rings is 2. The summed E-state index contributed by atoms with van der Waals surface area (Å²) in [6.45, 7) is 2.67. The van der Waals surface area contributed by atoms with Gasteiger partial charge in [0.2, 0.25) is 5.91 Å². The van der Waals surface area contributed by atoms with Crippen LogP contribution in [0.5, 0.6) is 0 Å². The van der Waals surface area contributed by atoms with Crippen molar-refractivity contribution in [3.63, 3.8) is 0 Å². The van der Waals surface area contributed by atoms with Gasteiger partial charge in [-0.25, -0.2) is 4.68 Å². The summed E-state index contributed by atoms with van der Waals surface area (Å²) in [5, 5.41) is 3.24. The molecular weight excluding hydrogens is 366 g/mol. The Hall–Kier alpha value is -3.15. The Labute approximate surface area is 168 Å². The van der Waals surface area contributed by atoms with Crippen LogP contribution in [-0.4, -0.2) is 33.2 Å². The number of nitrogens with one attached hydrogen (secondary N) is 1. The summed E-state index contributed by atoms with van der Waals surface area (Å²) in [4.78, 5) is 40.1. The topological polar surface area (TPSA) is 75.2 Å². The number of aromatic amines is 1. The molecule has 0 saturated carbocycles. The number of rotatable bonds is 5. The normalized spacial score (nSPS) is 17.6. The smallest absolute Gasteiger partial charge is 0.273 e. The minimum atomic E-state index is -0.360. The number of carbonyl (C=O) groups excluding carboxylic acids is 1. The zero-order chi connectivity index (χ0) is 20.4. The van der Waals surface area contributed by atoms with Crippen molar-refractivity contribution in [3.8, 4) is 0 Å². The highest BCUT2D eigenvalue weighted by atomic mass is 16.2. The van der Waals surface area contributed by atoms with Crippen LogP contribution >= 0.6 is 0 Å². The minimum Gasteiger partial charge on any atom is -0.337 e. The van der Waals surface area contributed by atoms with Gasteiger partial charge in [-0.3, -0.25) is 19.5 Å². The van der Waals surface area contributed by atoms with Crippen LogP contribution in [0.2, 0.25) is 0 Å². The molecule has 1 amide bonds. The van der Waals surface area contributed by atoms with E-state index < -0.39 is 0 Å². The van der Waals surface area contributed by atoms with E-state index >= 15 is 0 Å². The zero-order valence-corrected chi connectivity index (χ0v) is 16.5. The minimum absolute atomic E-state index is 0.109. The molecule has 1 fully saturated rings. The van der Waals surface area contributed by atoms with Crippen molar-refractivity contribution in [2.45, 2.75) is 44.7 Å². The molecular formula is C23H25N3O3. The molecule has 1 aliphatic rings. The Morgan fingerprint density at radius 2 is 1.76 bits per heavy atom. The van der Waals surface area contributed by atoms with Gasteiger partial charge < -0.3 is 4.90 Å². The maximum Gasteiger partial charge on any atom is 0.273 e. The molecule has 1 N–H and O–H groups in total. The Morgan fingerprint density at radius 3 is 2.48 bits per heavy atom. The van der Waals surface area contributed by atoms with E-state index in [0.29, 0.717) is 17.3 Å². The van der Waals surface area contributed by atoms with Crippen LogP contribution in [0.25, 0.3) is 10.8 Å². The summed E-state index contributed by atoms with van der Waals surface area (Å²) in [6.07, 6.45) is 2.83. The Bertz CT molecular complexity index is 1130. The van der Waals surface area contributed by atoms with Gasteiger partial charge in [-0.05, 0) is 37.0 Å². The highest BCUT2D eigenvalue weighted by molar-refractivity contribution is 5.81. The van der Waals surface area contributed by atoms with E-state index in [9.17, 15) is 14.4 Å². The van der Waals surface area contributed by atoms with Crippen molar-refractivity contribution >= 4 is 16.7 Å². The fraction of sp³-hybridized carbons (Fsp3) is 0.348. The van der Waals surface area contributed by atoms with Crippen molar-refractivity contribution < 1.29 is 4.79 Å². The van der Waals surface area contributed by atoms with Gasteiger partial charge in [0.25, 0.3) is 11.1 Å². The molecule has 0 spiro atoms. The van der Waals surface area contributed by atoms with E-state index in [1.54, 1.807) is 24.3 Å². The van der Waals surface area contributed by atoms with Crippen molar-refractivity contribution in [2.75, 3.05) is 6.54 Å². The lowest BCUT2D eigenvalue weighted by molar-refractivity contribution is -0.133. The number of fused-ring (bicyclic) bond motifs is 1. The van der Waals surface area contributed by atoms with Crippen molar-refractivity contribution in [1.82, 2.24) is 14.7 Å². The Kier molecular flexibility index (Phi) is 5.34. The number of aromatic nitrogens is 2. The molecule has 1 aromatic heterocycles. The number of nitrogens with zero attached hydrogens (tertiary/aromatic N) is 2. The van der Waals surface area contributed by atoms with Crippen LogP contribution in [0.3, 0.4) is 0 Å². The second-order valence-corrected chi connectivity index (χ2v) is 7.60. The Balaban J connectivity index is 1.61. The third-order valence-corrected chi connectivity index (χ3v) is 5.93. The number of hydrogen-bond donors (Lipinski definition) is 1. The summed E-state index contributed by atoms with van der Waals surface area (Å²) in [6, 6.07) is 17.1. The van der Waals surface area contributed by atoms with Gasteiger partial charge in [0.05, 0.1) is 10.8 Å². The molecule has 0 radical (unpaired) electrons. The van der Waals surface area contributed by atoms with E-state index in [0.717, 1.165) is 23.9 Å². The second-order valence-electron chi connectivity index (χ2n) is 7.60. The SMILES string of the molecule is CCC(c1ccccc1)C1CCCN1C(=O)Cn1[nH]c(=O)c2ccccc2c1=O. The van der Waals surface area contributed by atoms with Gasteiger partial charge in [0.1, 0.15) is 6.54 Å². The van der Waals surface area contributed by atoms with Crippen LogP contribution in [0.1, 0.15) is 37.7 Å². The van der Waals surface area contributed by atoms with Crippen LogP contribution in [0.4, 0.5) is 0 Å². The standard InChI is InChI=1S/C23H25N3O3/c1-2-17(16-9-4-3-5-10-16)20-13-8-14-25(20)21(27)15-26-23(29)19-12-7-6-11-18(19)22(28)24-26/h3-7,9-12,17,20H,2,8,13-15H2,1H3,(H,24,28). The van der Waals surface area contributed by atoms with Crippen molar-refractivity contribution in [2.24, 2.45) is 0 Å². The molecule has 2 aromatic carbocycles. The molecule has 150 valence electrons. The maximum absolute atomic E-state index is 13.1. The molecule has 29 heavy (non-hydrogen) atoms. The lowest BCUT2D eigenvalue weighted by atomic mass is 9.87. The second kappa shape index (κ2) is 8.07. The summed E-state index contributed by atoms with van der Waals surface area (Å²) >= 11 is 0. The summed E-state index contributed by atoms with van der Waals surface area (Å²) in [5.74, 6) is 0.130. The first-order valence-electron chi connectivity index (χ1n) is 10.2. The molecule has 2 unspecified atom stereocenters. The number of amides is 1. The van der Waals surface area contributed by atoms with Crippen molar-refractivity contribution in [3.05, 3.63) is 80.9 Å². The van der Waals surface area contributed by atoms with Crippen LogP contribution in [0, 0.1) is 0 Å². The third-order valence-electron chi connectivity index (χ3n) is 5.93. The quantitative estimate of drug-likeness (QED) is 0.727. The first kappa shape index (κ1) is 19.2. The molecule has 6 heteroatoms. The number of likely N-dealkylation sites (tertiary alicyclic amines) is 1. The monoisotopic (exact) mass is 391 g/mol. The molecule has 2 atom stereocenters. The maximum atomic E-state index is 13.1.